The average Bonchev–Trinajstić information content (AvgIpc) is 2.78. The maximum Gasteiger partial charge on any atom is 0.258 e. The molecular weight excluding hydrogens is 462 g/mol. The standard InChI is InChI=1S/C22H26BrN5O3/c1-3-30-19-12-16(13-24)11-18(23)21(19)31-15-20(29)26-14-17-5-4-6-25-22(17)28-9-7-27(2)8-10-28/h4-6,11-12H,3,7-10,14-15H2,1-2H3,(H,26,29). The number of piperazine rings is 1. The summed E-state index contributed by atoms with van der Waals surface area (Å²) in [7, 11) is 2.11. The summed E-state index contributed by atoms with van der Waals surface area (Å²) >= 11 is 3.39. The number of benzene rings is 1. The van der Waals surface area contributed by atoms with Crippen LogP contribution in [-0.4, -0.2) is 62.2 Å². The molecule has 0 atom stereocenters. The predicted molar refractivity (Wildman–Crippen MR) is 121 cm³/mol. The van der Waals surface area contributed by atoms with E-state index in [0.717, 1.165) is 37.6 Å². The first-order chi connectivity index (χ1) is 15.0. The summed E-state index contributed by atoms with van der Waals surface area (Å²) in [6, 6.07) is 9.16. The van der Waals surface area contributed by atoms with Crippen molar-refractivity contribution in [1.82, 2.24) is 15.2 Å². The SMILES string of the molecule is CCOc1cc(C#N)cc(Br)c1OCC(=O)NCc1cccnc1N1CCN(C)CC1. The van der Waals surface area contributed by atoms with E-state index in [-0.39, 0.29) is 12.5 Å². The van der Waals surface area contributed by atoms with Crippen molar-refractivity contribution in [3.63, 3.8) is 0 Å². The molecule has 0 radical (unpaired) electrons. The minimum absolute atomic E-state index is 0.172. The summed E-state index contributed by atoms with van der Waals surface area (Å²) in [6.45, 7) is 6.24. The van der Waals surface area contributed by atoms with E-state index >= 15 is 0 Å². The minimum atomic E-state index is -0.258. The first-order valence-electron chi connectivity index (χ1n) is 10.1. The van der Waals surface area contributed by atoms with Crippen molar-refractivity contribution < 1.29 is 14.3 Å². The topological polar surface area (TPSA) is 90.7 Å². The Morgan fingerprint density at radius 2 is 2.06 bits per heavy atom. The molecule has 1 N–H and O–H groups in total. The third-order valence-electron chi connectivity index (χ3n) is 4.93. The third kappa shape index (κ3) is 6.09. The lowest BCUT2D eigenvalue weighted by Gasteiger charge is -2.34. The molecule has 8 nitrogen and oxygen atoms in total. The fraction of sp³-hybridized carbons (Fsp3) is 0.409. The van der Waals surface area contributed by atoms with Crippen LogP contribution >= 0.6 is 15.9 Å². The van der Waals surface area contributed by atoms with Crippen molar-refractivity contribution in [3.8, 4) is 17.6 Å². The number of pyridine rings is 1. The van der Waals surface area contributed by atoms with E-state index in [1.165, 1.54) is 0 Å². The van der Waals surface area contributed by atoms with Gasteiger partial charge >= 0.3 is 0 Å². The third-order valence-corrected chi connectivity index (χ3v) is 5.52. The molecule has 9 heteroatoms. The Kier molecular flexibility index (Phi) is 8.09. The van der Waals surface area contributed by atoms with E-state index < -0.39 is 0 Å². The van der Waals surface area contributed by atoms with Crippen LogP contribution < -0.4 is 19.7 Å². The van der Waals surface area contributed by atoms with E-state index in [9.17, 15) is 4.79 Å². The highest BCUT2D eigenvalue weighted by molar-refractivity contribution is 9.10. The summed E-state index contributed by atoms with van der Waals surface area (Å²) in [5, 5.41) is 12.0. The fourth-order valence-corrected chi connectivity index (χ4v) is 3.85. The number of aromatic nitrogens is 1. The molecule has 0 spiro atoms. The van der Waals surface area contributed by atoms with E-state index in [1.54, 1.807) is 18.3 Å². The summed E-state index contributed by atoms with van der Waals surface area (Å²) in [5.41, 5.74) is 1.41. The molecule has 1 aromatic carbocycles. The lowest BCUT2D eigenvalue weighted by Crippen LogP contribution is -2.45. The zero-order chi connectivity index (χ0) is 22.2. The van der Waals surface area contributed by atoms with Gasteiger partial charge in [0.1, 0.15) is 5.82 Å². The van der Waals surface area contributed by atoms with E-state index in [1.807, 2.05) is 19.1 Å². The van der Waals surface area contributed by atoms with Gasteiger partial charge in [-0.1, -0.05) is 6.07 Å². The lowest BCUT2D eigenvalue weighted by atomic mass is 10.2. The number of likely N-dealkylation sites (N-methyl/N-ethyl adjacent to an activating group) is 1. The van der Waals surface area contributed by atoms with Gasteiger partial charge in [0, 0.05) is 50.6 Å². The molecule has 2 aromatic rings. The Hall–Kier alpha value is -2.83. The molecule has 1 aliphatic rings. The molecule has 0 unspecified atom stereocenters. The number of hydrogen-bond donors (Lipinski definition) is 1. The molecule has 3 rings (SSSR count). The monoisotopic (exact) mass is 487 g/mol. The fourth-order valence-electron chi connectivity index (χ4n) is 3.29. The van der Waals surface area contributed by atoms with Crippen LogP contribution in [0.15, 0.2) is 34.9 Å². The van der Waals surface area contributed by atoms with Gasteiger partial charge < -0.3 is 24.6 Å². The largest absolute Gasteiger partial charge is 0.490 e. The van der Waals surface area contributed by atoms with Crippen molar-refractivity contribution in [2.75, 3.05) is 51.3 Å². The number of carbonyl (C=O) groups is 1. The predicted octanol–water partition coefficient (Wildman–Crippen LogP) is 2.56. The number of nitriles is 1. The van der Waals surface area contributed by atoms with Crippen LogP contribution in [0.25, 0.3) is 0 Å². The second-order valence-electron chi connectivity index (χ2n) is 7.17. The van der Waals surface area contributed by atoms with Crippen LogP contribution in [-0.2, 0) is 11.3 Å². The first kappa shape index (κ1) is 22.8. The van der Waals surface area contributed by atoms with Crippen LogP contribution in [0.4, 0.5) is 5.82 Å². The lowest BCUT2D eigenvalue weighted by molar-refractivity contribution is -0.123. The molecule has 1 amide bonds. The number of amides is 1. The molecule has 1 aromatic heterocycles. The summed E-state index contributed by atoms with van der Waals surface area (Å²) < 4.78 is 11.8. The van der Waals surface area contributed by atoms with Gasteiger partial charge in [-0.15, -0.1) is 0 Å². The molecule has 1 fully saturated rings. The van der Waals surface area contributed by atoms with Gasteiger partial charge in [0.15, 0.2) is 18.1 Å². The summed E-state index contributed by atoms with van der Waals surface area (Å²) in [5.74, 6) is 1.47. The van der Waals surface area contributed by atoms with Crippen molar-refractivity contribution in [2.24, 2.45) is 0 Å². The average molecular weight is 488 g/mol. The first-order valence-corrected chi connectivity index (χ1v) is 10.9. The second-order valence-corrected chi connectivity index (χ2v) is 8.03. The van der Waals surface area contributed by atoms with Crippen molar-refractivity contribution in [1.29, 1.82) is 5.26 Å². The smallest absolute Gasteiger partial charge is 0.258 e. The Bertz CT molecular complexity index is 955. The van der Waals surface area contributed by atoms with Crippen molar-refractivity contribution in [2.45, 2.75) is 13.5 Å². The van der Waals surface area contributed by atoms with Crippen LogP contribution in [0.2, 0.25) is 0 Å². The summed E-state index contributed by atoms with van der Waals surface area (Å²) in [4.78, 5) is 21.5. The van der Waals surface area contributed by atoms with Gasteiger partial charge in [0.05, 0.1) is 22.7 Å². The summed E-state index contributed by atoms with van der Waals surface area (Å²) in [6.07, 6.45) is 1.78. The highest BCUT2D eigenvalue weighted by atomic mass is 79.9. The van der Waals surface area contributed by atoms with E-state index in [4.69, 9.17) is 14.7 Å². The van der Waals surface area contributed by atoms with Gasteiger partial charge in [-0.3, -0.25) is 4.79 Å². The number of nitrogens with zero attached hydrogens (tertiary/aromatic N) is 4. The molecular formula is C22H26BrN5O3. The van der Waals surface area contributed by atoms with Gasteiger partial charge in [-0.2, -0.15) is 5.26 Å². The van der Waals surface area contributed by atoms with Crippen LogP contribution in [0.1, 0.15) is 18.1 Å². The Morgan fingerprint density at radius 1 is 1.29 bits per heavy atom. The zero-order valence-electron chi connectivity index (χ0n) is 17.7. The number of halogens is 1. The van der Waals surface area contributed by atoms with Crippen LogP contribution in [0.3, 0.4) is 0 Å². The highest BCUT2D eigenvalue weighted by Gasteiger charge is 2.19. The van der Waals surface area contributed by atoms with Crippen LogP contribution in [0, 0.1) is 11.3 Å². The zero-order valence-corrected chi connectivity index (χ0v) is 19.3. The number of nitrogens with one attached hydrogen (secondary N) is 1. The Morgan fingerprint density at radius 3 is 2.77 bits per heavy atom. The normalized spacial score (nSPS) is 14.1. The number of hydrogen-bond acceptors (Lipinski definition) is 7. The van der Waals surface area contributed by atoms with Gasteiger partial charge in [-0.05, 0) is 42.0 Å². The maximum atomic E-state index is 12.4. The molecule has 0 aliphatic carbocycles. The van der Waals surface area contributed by atoms with Crippen molar-refractivity contribution in [3.05, 3.63) is 46.1 Å². The van der Waals surface area contributed by atoms with E-state index in [0.29, 0.717) is 34.7 Å². The van der Waals surface area contributed by atoms with E-state index in [2.05, 4.69) is 49.1 Å². The Balaban J connectivity index is 1.60. The van der Waals surface area contributed by atoms with Crippen molar-refractivity contribution >= 4 is 27.7 Å². The molecule has 2 heterocycles. The highest BCUT2D eigenvalue weighted by Crippen LogP contribution is 2.36. The minimum Gasteiger partial charge on any atom is -0.490 e. The second kappa shape index (κ2) is 11.0. The number of rotatable bonds is 8. The molecule has 1 saturated heterocycles. The molecule has 164 valence electrons. The quantitative estimate of drug-likeness (QED) is 0.611. The molecule has 1 aliphatic heterocycles. The Labute approximate surface area is 190 Å². The maximum absolute atomic E-state index is 12.4. The van der Waals surface area contributed by atoms with Gasteiger partial charge in [0.2, 0.25) is 0 Å². The number of anilines is 1. The van der Waals surface area contributed by atoms with Gasteiger partial charge in [-0.25, -0.2) is 4.98 Å². The molecule has 31 heavy (non-hydrogen) atoms. The number of carbonyl (C=O) groups excluding carboxylic acids is 1. The van der Waals surface area contributed by atoms with Crippen LogP contribution in [0.5, 0.6) is 11.5 Å². The van der Waals surface area contributed by atoms with Gasteiger partial charge in [0.25, 0.3) is 5.91 Å². The molecule has 0 bridgehead atoms. The number of ether oxygens (including phenoxy) is 2. The molecule has 0 saturated carbocycles.